The number of likely N-dealkylation sites (N-methyl/N-ethyl adjacent to an activating group) is 2. The maximum atomic E-state index is 12.7. The van der Waals surface area contributed by atoms with Gasteiger partial charge in [-0.2, -0.15) is 4.39 Å². The van der Waals surface area contributed by atoms with E-state index in [0.717, 1.165) is 5.56 Å². The second-order valence-corrected chi connectivity index (χ2v) is 3.33. The number of halogens is 1. The first-order chi connectivity index (χ1) is 7.11. The van der Waals surface area contributed by atoms with Crippen LogP contribution in [0.15, 0.2) is 18.3 Å². The summed E-state index contributed by atoms with van der Waals surface area (Å²) in [6.45, 7) is 0.813. The lowest BCUT2D eigenvalue weighted by Crippen LogP contribution is -2.32. The number of amides is 1. The third-order valence-electron chi connectivity index (χ3n) is 1.94. The Morgan fingerprint density at radius 2 is 2.40 bits per heavy atom. The molecule has 0 aliphatic rings. The van der Waals surface area contributed by atoms with Crippen LogP contribution in [0.5, 0.6) is 0 Å². The van der Waals surface area contributed by atoms with Crippen LogP contribution in [0.1, 0.15) is 5.56 Å². The Kier molecular flexibility index (Phi) is 4.17. The van der Waals surface area contributed by atoms with Gasteiger partial charge in [0.25, 0.3) is 0 Å². The summed E-state index contributed by atoms with van der Waals surface area (Å²) >= 11 is 0. The molecule has 1 rings (SSSR count). The van der Waals surface area contributed by atoms with E-state index in [2.05, 4.69) is 10.3 Å². The number of hydrogen-bond acceptors (Lipinski definition) is 3. The fourth-order valence-electron chi connectivity index (χ4n) is 1.23. The van der Waals surface area contributed by atoms with Crippen molar-refractivity contribution < 1.29 is 9.18 Å². The lowest BCUT2D eigenvalue weighted by Gasteiger charge is -2.15. The van der Waals surface area contributed by atoms with E-state index in [9.17, 15) is 9.18 Å². The average Bonchev–Trinajstić information content (AvgIpc) is 2.17. The van der Waals surface area contributed by atoms with Gasteiger partial charge in [0.2, 0.25) is 11.9 Å². The van der Waals surface area contributed by atoms with E-state index in [0.29, 0.717) is 13.1 Å². The third kappa shape index (κ3) is 4.03. The highest BCUT2D eigenvalue weighted by Gasteiger charge is 2.05. The topological polar surface area (TPSA) is 45.2 Å². The molecule has 0 aliphatic carbocycles. The summed E-state index contributed by atoms with van der Waals surface area (Å²) in [7, 11) is 3.38. The van der Waals surface area contributed by atoms with Crippen LogP contribution in [0.25, 0.3) is 0 Å². The fourth-order valence-corrected chi connectivity index (χ4v) is 1.23. The zero-order valence-corrected chi connectivity index (χ0v) is 8.83. The molecule has 0 radical (unpaired) electrons. The number of carbonyl (C=O) groups excluding carboxylic acids is 1. The van der Waals surface area contributed by atoms with E-state index < -0.39 is 5.95 Å². The van der Waals surface area contributed by atoms with Crippen LogP contribution in [-0.2, 0) is 11.3 Å². The maximum Gasteiger partial charge on any atom is 0.233 e. The minimum absolute atomic E-state index is 0.0629. The molecular formula is C10H14FN3O. The number of rotatable bonds is 4. The molecule has 0 spiro atoms. The molecule has 5 heteroatoms. The van der Waals surface area contributed by atoms with E-state index in [1.165, 1.54) is 12.3 Å². The van der Waals surface area contributed by atoms with E-state index >= 15 is 0 Å². The summed E-state index contributed by atoms with van der Waals surface area (Å²) in [6.07, 6.45) is 1.42. The molecule has 1 aromatic rings. The molecule has 0 fully saturated rings. The summed E-state index contributed by atoms with van der Waals surface area (Å²) in [6, 6.07) is 3.09. The first kappa shape index (κ1) is 11.6. The predicted octanol–water partition coefficient (Wildman–Crippen LogP) is 0.398. The van der Waals surface area contributed by atoms with E-state index in [-0.39, 0.29) is 5.91 Å². The van der Waals surface area contributed by atoms with Gasteiger partial charge in [0.05, 0.1) is 6.54 Å². The van der Waals surface area contributed by atoms with Gasteiger partial charge in [0, 0.05) is 19.8 Å². The van der Waals surface area contributed by atoms with Gasteiger partial charge in [-0.1, -0.05) is 0 Å². The Morgan fingerprint density at radius 1 is 1.67 bits per heavy atom. The van der Waals surface area contributed by atoms with Crippen molar-refractivity contribution in [2.45, 2.75) is 6.54 Å². The highest BCUT2D eigenvalue weighted by atomic mass is 19.1. The van der Waals surface area contributed by atoms with Gasteiger partial charge in [0.15, 0.2) is 0 Å². The van der Waals surface area contributed by atoms with Crippen LogP contribution >= 0.6 is 0 Å². The molecular weight excluding hydrogens is 197 g/mol. The molecule has 0 aliphatic heterocycles. The molecule has 0 saturated heterocycles. The Morgan fingerprint density at radius 3 is 3.00 bits per heavy atom. The van der Waals surface area contributed by atoms with Gasteiger partial charge < -0.3 is 5.32 Å². The quantitative estimate of drug-likeness (QED) is 0.733. The number of pyridine rings is 1. The van der Waals surface area contributed by atoms with Crippen molar-refractivity contribution in [2.24, 2.45) is 0 Å². The van der Waals surface area contributed by atoms with Crippen molar-refractivity contribution >= 4 is 5.91 Å². The van der Waals surface area contributed by atoms with Gasteiger partial charge in [-0.3, -0.25) is 9.69 Å². The molecule has 0 saturated carbocycles. The number of nitrogens with zero attached hydrogens (tertiary/aromatic N) is 2. The van der Waals surface area contributed by atoms with Crippen LogP contribution in [0, 0.1) is 5.95 Å². The van der Waals surface area contributed by atoms with Crippen LogP contribution in [0.4, 0.5) is 4.39 Å². The normalized spacial score (nSPS) is 10.4. The SMILES string of the molecule is CNC(=O)CN(C)Cc1ccnc(F)c1. The van der Waals surface area contributed by atoms with Crippen molar-refractivity contribution in [1.29, 1.82) is 0 Å². The van der Waals surface area contributed by atoms with Crippen LogP contribution in [0.3, 0.4) is 0 Å². The molecule has 82 valence electrons. The highest BCUT2D eigenvalue weighted by Crippen LogP contribution is 2.03. The van der Waals surface area contributed by atoms with Gasteiger partial charge >= 0.3 is 0 Å². The van der Waals surface area contributed by atoms with Crippen molar-refractivity contribution in [3.8, 4) is 0 Å². The van der Waals surface area contributed by atoms with Crippen LogP contribution in [-0.4, -0.2) is 36.4 Å². The molecule has 15 heavy (non-hydrogen) atoms. The van der Waals surface area contributed by atoms with Gasteiger partial charge in [-0.05, 0) is 24.7 Å². The minimum Gasteiger partial charge on any atom is -0.358 e. The molecule has 0 bridgehead atoms. The molecule has 0 unspecified atom stereocenters. The van der Waals surface area contributed by atoms with E-state index in [1.807, 2.05) is 0 Å². The fraction of sp³-hybridized carbons (Fsp3) is 0.400. The van der Waals surface area contributed by atoms with E-state index in [1.54, 1.807) is 25.1 Å². The number of nitrogens with one attached hydrogen (secondary N) is 1. The first-order valence-electron chi connectivity index (χ1n) is 4.61. The molecule has 0 atom stereocenters. The maximum absolute atomic E-state index is 12.7. The predicted molar refractivity (Wildman–Crippen MR) is 54.6 cm³/mol. The summed E-state index contributed by atoms with van der Waals surface area (Å²) in [5.41, 5.74) is 0.800. The molecule has 0 aromatic carbocycles. The third-order valence-corrected chi connectivity index (χ3v) is 1.94. The number of aromatic nitrogens is 1. The van der Waals surface area contributed by atoms with E-state index in [4.69, 9.17) is 0 Å². The van der Waals surface area contributed by atoms with Gasteiger partial charge in [-0.25, -0.2) is 4.98 Å². The summed E-state index contributed by atoms with van der Waals surface area (Å²) in [5.74, 6) is -0.562. The Bertz CT molecular complexity index is 343. The molecule has 4 nitrogen and oxygen atoms in total. The Balaban J connectivity index is 2.51. The van der Waals surface area contributed by atoms with Crippen molar-refractivity contribution in [3.63, 3.8) is 0 Å². The van der Waals surface area contributed by atoms with Gasteiger partial charge in [0.1, 0.15) is 0 Å². The lowest BCUT2D eigenvalue weighted by molar-refractivity contribution is -0.121. The molecule has 1 N–H and O–H groups in total. The lowest BCUT2D eigenvalue weighted by atomic mass is 10.2. The largest absolute Gasteiger partial charge is 0.358 e. The molecule has 1 aromatic heterocycles. The summed E-state index contributed by atoms with van der Waals surface area (Å²) in [4.78, 5) is 16.3. The molecule has 1 amide bonds. The standard InChI is InChI=1S/C10H14FN3O/c1-12-10(15)7-14(2)6-8-3-4-13-9(11)5-8/h3-5H,6-7H2,1-2H3,(H,12,15). The Hall–Kier alpha value is -1.49. The summed E-state index contributed by atoms with van der Waals surface area (Å²) < 4.78 is 12.7. The zero-order chi connectivity index (χ0) is 11.3. The number of carbonyl (C=O) groups is 1. The second-order valence-electron chi connectivity index (χ2n) is 3.33. The average molecular weight is 211 g/mol. The monoisotopic (exact) mass is 211 g/mol. The van der Waals surface area contributed by atoms with Crippen LogP contribution < -0.4 is 5.32 Å². The highest BCUT2D eigenvalue weighted by molar-refractivity contribution is 5.77. The minimum atomic E-state index is -0.499. The van der Waals surface area contributed by atoms with Crippen molar-refractivity contribution in [1.82, 2.24) is 15.2 Å². The first-order valence-corrected chi connectivity index (χ1v) is 4.61. The van der Waals surface area contributed by atoms with Crippen molar-refractivity contribution in [2.75, 3.05) is 20.6 Å². The van der Waals surface area contributed by atoms with Crippen LogP contribution in [0.2, 0.25) is 0 Å². The zero-order valence-electron chi connectivity index (χ0n) is 8.83. The molecule has 1 heterocycles. The van der Waals surface area contributed by atoms with Gasteiger partial charge in [-0.15, -0.1) is 0 Å². The Labute approximate surface area is 88.1 Å². The smallest absolute Gasteiger partial charge is 0.233 e. The van der Waals surface area contributed by atoms with Crippen molar-refractivity contribution in [3.05, 3.63) is 29.8 Å². The second kappa shape index (κ2) is 5.41. The number of hydrogen-bond donors (Lipinski definition) is 1. The summed E-state index contributed by atoms with van der Waals surface area (Å²) in [5, 5.41) is 2.53.